The van der Waals surface area contributed by atoms with E-state index in [9.17, 15) is 4.79 Å². The van der Waals surface area contributed by atoms with Gasteiger partial charge in [-0.3, -0.25) is 5.32 Å². The maximum absolute atomic E-state index is 10.9. The molecule has 1 rings (SSSR count). The van der Waals surface area contributed by atoms with Crippen molar-refractivity contribution in [3.63, 3.8) is 0 Å². The van der Waals surface area contributed by atoms with E-state index in [4.69, 9.17) is 27.9 Å². The van der Waals surface area contributed by atoms with Crippen LogP contribution in [-0.2, 0) is 4.74 Å². The number of ether oxygens (including phenoxy) is 2. The minimum atomic E-state index is -0.613. The highest BCUT2D eigenvalue weighted by Gasteiger charge is 2.12. The van der Waals surface area contributed by atoms with E-state index in [0.29, 0.717) is 11.4 Å². The van der Waals surface area contributed by atoms with Crippen molar-refractivity contribution in [3.8, 4) is 5.75 Å². The van der Waals surface area contributed by atoms with Gasteiger partial charge in [-0.15, -0.1) is 0 Å². The van der Waals surface area contributed by atoms with E-state index in [1.165, 1.54) is 14.2 Å². The molecule has 0 aliphatic carbocycles. The van der Waals surface area contributed by atoms with Gasteiger partial charge in [0.25, 0.3) is 0 Å². The minimum absolute atomic E-state index is 0.210. The second kappa shape index (κ2) is 5.09. The first kappa shape index (κ1) is 11.9. The van der Waals surface area contributed by atoms with Gasteiger partial charge in [0, 0.05) is 0 Å². The second-order valence-corrected chi connectivity index (χ2v) is 3.32. The van der Waals surface area contributed by atoms with Gasteiger partial charge in [0.2, 0.25) is 0 Å². The van der Waals surface area contributed by atoms with Gasteiger partial charge >= 0.3 is 6.09 Å². The third-order valence-electron chi connectivity index (χ3n) is 1.69. The van der Waals surface area contributed by atoms with Crippen LogP contribution in [0, 0.1) is 0 Å². The Balaban J connectivity index is 3.01. The van der Waals surface area contributed by atoms with E-state index in [0.717, 1.165) is 0 Å². The number of benzene rings is 1. The topological polar surface area (TPSA) is 47.6 Å². The second-order valence-electron chi connectivity index (χ2n) is 2.56. The van der Waals surface area contributed by atoms with Crippen molar-refractivity contribution in [3.05, 3.63) is 22.2 Å². The van der Waals surface area contributed by atoms with Crippen molar-refractivity contribution in [2.45, 2.75) is 0 Å². The lowest BCUT2D eigenvalue weighted by Crippen LogP contribution is -2.11. The number of amides is 1. The number of hydrogen-bond donors (Lipinski definition) is 1. The molecular formula is C9H9Cl2NO3. The summed E-state index contributed by atoms with van der Waals surface area (Å²) in [7, 11) is 2.74. The molecule has 0 aromatic heterocycles. The average molecular weight is 250 g/mol. The predicted molar refractivity (Wildman–Crippen MR) is 59.0 cm³/mol. The molecule has 1 N–H and O–H groups in total. The summed E-state index contributed by atoms with van der Waals surface area (Å²) in [6.45, 7) is 0. The number of anilines is 1. The molecule has 0 aliphatic heterocycles. The van der Waals surface area contributed by atoms with Crippen molar-refractivity contribution in [1.29, 1.82) is 0 Å². The third-order valence-corrected chi connectivity index (χ3v) is 2.55. The van der Waals surface area contributed by atoms with Crippen LogP contribution in [0.5, 0.6) is 5.75 Å². The quantitative estimate of drug-likeness (QED) is 0.876. The molecule has 0 unspecified atom stereocenters. The van der Waals surface area contributed by atoms with E-state index in [1.807, 2.05) is 0 Å². The fraction of sp³-hybridized carbons (Fsp3) is 0.222. The standard InChI is InChI=1S/C9H9Cl2NO3/c1-14-6-4-3-5(7(10)8(6)11)12-9(13)15-2/h3-4H,1-2H3,(H,12,13). The molecule has 0 heterocycles. The lowest BCUT2D eigenvalue weighted by molar-refractivity contribution is 0.187. The maximum atomic E-state index is 10.9. The first-order valence-electron chi connectivity index (χ1n) is 3.97. The molecule has 0 fully saturated rings. The summed E-state index contributed by atoms with van der Waals surface area (Å²) in [6, 6.07) is 3.17. The van der Waals surface area contributed by atoms with E-state index in [2.05, 4.69) is 10.1 Å². The largest absolute Gasteiger partial charge is 0.495 e. The smallest absolute Gasteiger partial charge is 0.411 e. The van der Waals surface area contributed by atoms with Crippen molar-refractivity contribution >= 4 is 35.0 Å². The van der Waals surface area contributed by atoms with Gasteiger partial charge in [-0.2, -0.15) is 0 Å². The van der Waals surface area contributed by atoms with Crippen molar-refractivity contribution in [1.82, 2.24) is 0 Å². The normalized spacial score (nSPS) is 9.60. The Morgan fingerprint density at radius 1 is 1.27 bits per heavy atom. The number of carbonyl (C=O) groups is 1. The van der Waals surface area contributed by atoms with Crippen LogP contribution >= 0.6 is 23.2 Å². The van der Waals surface area contributed by atoms with Gasteiger partial charge < -0.3 is 9.47 Å². The van der Waals surface area contributed by atoms with E-state index in [1.54, 1.807) is 12.1 Å². The molecule has 1 amide bonds. The van der Waals surface area contributed by atoms with Gasteiger partial charge in [0.1, 0.15) is 10.8 Å². The zero-order valence-electron chi connectivity index (χ0n) is 8.14. The van der Waals surface area contributed by atoms with Gasteiger partial charge in [-0.05, 0) is 12.1 Å². The summed E-state index contributed by atoms with van der Waals surface area (Å²) >= 11 is 11.8. The molecule has 6 heteroatoms. The van der Waals surface area contributed by atoms with Crippen LogP contribution in [0.3, 0.4) is 0 Å². The zero-order chi connectivity index (χ0) is 11.4. The van der Waals surface area contributed by atoms with Crippen LogP contribution in [0.2, 0.25) is 10.0 Å². The monoisotopic (exact) mass is 249 g/mol. The molecular weight excluding hydrogens is 241 g/mol. The van der Waals surface area contributed by atoms with Crippen LogP contribution < -0.4 is 10.1 Å². The zero-order valence-corrected chi connectivity index (χ0v) is 9.65. The number of carbonyl (C=O) groups excluding carboxylic acids is 1. The van der Waals surface area contributed by atoms with E-state index < -0.39 is 6.09 Å². The number of hydrogen-bond acceptors (Lipinski definition) is 3. The summed E-state index contributed by atoms with van der Waals surface area (Å²) in [5.74, 6) is 0.442. The van der Waals surface area contributed by atoms with Gasteiger partial charge in [-0.1, -0.05) is 23.2 Å². The molecule has 0 bridgehead atoms. The molecule has 82 valence electrons. The number of halogens is 2. The molecule has 0 radical (unpaired) electrons. The Kier molecular flexibility index (Phi) is 4.05. The Bertz CT molecular complexity index is 382. The average Bonchev–Trinajstić information content (AvgIpc) is 2.25. The van der Waals surface area contributed by atoms with Crippen molar-refractivity contribution in [2.75, 3.05) is 19.5 Å². The molecule has 0 saturated carbocycles. The van der Waals surface area contributed by atoms with Crippen LogP contribution in [0.4, 0.5) is 10.5 Å². The highest BCUT2D eigenvalue weighted by molar-refractivity contribution is 6.44. The highest BCUT2D eigenvalue weighted by atomic mass is 35.5. The molecule has 1 aromatic carbocycles. The van der Waals surface area contributed by atoms with Gasteiger partial charge in [-0.25, -0.2) is 4.79 Å². The van der Waals surface area contributed by atoms with Crippen LogP contribution in [0.1, 0.15) is 0 Å². The number of methoxy groups -OCH3 is 2. The van der Waals surface area contributed by atoms with Crippen LogP contribution in [0.25, 0.3) is 0 Å². The van der Waals surface area contributed by atoms with Crippen LogP contribution in [-0.4, -0.2) is 20.3 Å². The predicted octanol–water partition coefficient (Wildman–Crippen LogP) is 3.18. The fourth-order valence-corrected chi connectivity index (χ4v) is 1.39. The first-order chi connectivity index (χ1) is 7.10. The molecule has 0 saturated heterocycles. The molecule has 0 aliphatic rings. The Morgan fingerprint density at radius 3 is 2.47 bits per heavy atom. The van der Waals surface area contributed by atoms with E-state index >= 15 is 0 Å². The maximum Gasteiger partial charge on any atom is 0.411 e. The molecule has 15 heavy (non-hydrogen) atoms. The first-order valence-corrected chi connectivity index (χ1v) is 4.72. The fourth-order valence-electron chi connectivity index (χ4n) is 0.947. The molecule has 1 aromatic rings. The lowest BCUT2D eigenvalue weighted by Gasteiger charge is -2.09. The summed E-state index contributed by atoms with van der Waals surface area (Å²) < 4.78 is 9.37. The number of rotatable bonds is 2. The van der Waals surface area contributed by atoms with E-state index in [-0.39, 0.29) is 10.0 Å². The summed E-state index contributed by atoms with van der Waals surface area (Å²) in [4.78, 5) is 10.9. The lowest BCUT2D eigenvalue weighted by atomic mass is 10.3. The van der Waals surface area contributed by atoms with Crippen molar-refractivity contribution < 1.29 is 14.3 Å². The van der Waals surface area contributed by atoms with Gasteiger partial charge in [0.15, 0.2) is 0 Å². The number of nitrogens with one attached hydrogen (secondary N) is 1. The Labute approximate surface area is 97.1 Å². The SMILES string of the molecule is COC(=O)Nc1ccc(OC)c(Cl)c1Cl. The molecule has 0 spiro atoms. The molecule has 0 atom stereocenters. The summed E-state index contributed by atoms with van der Waals surface area (Å²) in [5, 5.41) is 2.87. The summed E-state index contributed by atoms with van der Waals surface area (Å²) in [5.41, 5.74) is 0.370. The molecule has 4 nitrogen and oxygen atoms in total. The Morgan fingerprint density at radius 2 is 1.93 bits per heavy atom. The Hall–Kier alpha value is -1.13. The van der Waals surface area contributed by atoms with Crippen LogP contribution in [0.15, 0.2) is 12.1 Å². The summed E-state index contributed by atoms with van der Waals surface area (Å²) in [6.07, 6.45) is -0.613. The van der Waals surface area contributed by atoms with Gasteiger partial charge in [0.05, 0.1) is 24.9 Å². The third kappa shape index (κ3) is 2.67. The minimum Gasteiger partial charge on any atom is -0.495 e. The highest BCUT2D eigenvalue weighted by Crippen LogP contribution is 2.37. The van der Waals surface area contributed by atoms with Crippen molar-refractivity contribution in [2.24, 2.45) is 0 Å².